The number of primary sulfonamides is 1. The van der Waals surface area contributed by atoms with Gasteiger partial charge >= 0.3 is 5.97 Å². The van der Waals surface area contributed by atoms with E-state index in [1.165, 1.54) is 47.0 Å². The molecule has 0 radical (unpaired) electrons. The van der Waals surface area contributed by atoms with Crippen LogP contribution in [0.5, 0.6) is 0 Å². The van der Waals surface area contributed by atoms with Crippen molar-refractivity contribution in [1.82, 2.24) is 4.57 Å². The van der Waals surface area contributed by atoms with E-state index in [1.807, 2.05) is 0 Å². The molecule has 3 aromatic rings. The van der Waals surface area contributed by atoms with Gasteiger partial charge in [0.1, 0.15) is 6.54 Å². The number of esters is 1. The van der Waals surface area contributed by atoms with Crippen LogP contribution in [0.1, 0.15) is 17.3 Å². The van der Waals surface area contributed by atoms with Gasteiger partial charge in [0.15, 0.2) is 14.6 Å². The molecule has 0 saturated carbocycles. The Labute approximate surface area is 187 Å². The number of thiazole rings is 1. The largest absolute Gasteiger partial charge is 0.465 e. The molecule has 13 heteroatoms. The predicted molar refractivity (Wildman–Crippen MR) is 117 cm³/mol. The number of ether oxygens (including phenoxy) is 1. The highest BCUT2D eigenvalue weighted by Gasteiger charge is 2.16. The van der Waals surface area contributed by atoms with E-state index in [2.05, 4.69) is 4.99 Å². The molecule has 0 fully saturated rings. The zero-order valence-electron chi connectivity index (χ0n) is 17.0. The standard InChI is InChI=1S/C19H19N3O7S3/c1-3-29-17(23)11-22-15-9-8-14(32(20,27)28)10-16(15)30-19(22)21-18(24)12-4-6-13(7-5-12)31(2,25)26/h4-10H,3,11H2,1-2H3,(H2,20,27,28). The summed E-state index contributed by atoms with van der Waals surface area (Å²) in [7, 11) is -7.37. The summed E-state index contributed by atoms with van der Waals surface area (Å²) < 4.78 is 53.4. The van der Waals surface area contributed by atoms with Crippen LogP contribution >= 0.6 is 11.3 Å². The lowest BCUT2D eigenvalue weighted by atomic mass is 10.2. The summed E-state index contributed by atoms with van der Waals surface area (Å²) in [6.07, 6.45) is 1.06. The highest BCUT2D eigenvalue weighted by Crippen LogP contribution is 2.21. The van der Waals surface area contributed by atoms with Crippen LogP contribution in [0.25, 0.3) is 10.2 Å². The van der Waals surface area contributed by atoms with Crippen LogP contribution in [-0.4, -0.2) is 46.1 Å². The van der Waals surface area contributed by atoms with Gasteiger partial charge < -0.3 is 9.30 Å². The van der Waals surface area contributed by atoms with Crippen molar-refractivity contribution in [2.24, 2.45) is 10.1 Å². The minimum Gasteiger partial charge on any atom is -0.465 e. The van der Waals surface area contributed by atoms with Gasteiger partial charge in [0.05, 0.1) is 26.6 Å². The van der Waals surface area contributed by atoms with Gasteiger partial charge in [-0.1, -0.05) is 11.3 Å². The molecular formula is C19H19N3O7S3. The number of rotatable bonds is 6. The average Bonchev–Trinajstić information content (AvgIpc) is 3.03. The lowest BCUT2D eigenvalue weighted by molar-refractivity contribution is -0.143. The molecule has 2 N–H and O–H groups in total. The van der Waals surface area contributed by atoms with E-state index in [9.17, 15) is 26.4 Å². The molecule has 0 atom stereocenters. The first kappa shape index (κ1) is 23.8. The lowest BCUT2D eigenvalue weighted by Crippen LogP contribution is -2.23. The maximum absolute atomic E-state index is 12.7. The Balaban J connectivity index is 2.13. The second-order valence-corrected chi connectivity index (χ2v) is 11.3. The summed E-state index contributed by atoms with van der Waals surface area (Å²) in [6, 6.07) is 9.37. The smallest absolute Gasteiger partial charge is 0.326 e. The van der Waals surface area contributed by atoms with Crippen LogP contribution in [-0.2, 0) is 35.9 Å². The first-order valence-electron chi connectivity index (χ1n) is 9.11. The van der Waals surface area contributed by atoms with E-state index in [-0.39, 0.29) is 33.3 Å². The maximum Gasteiger partial charge on any atom is 0.326 e. The third-order valence-corrected chi connectivity index (χ3v) is 7.38. The molecular weight excluding hydrogens is 478 g/mol. The van der Waals surface area contributed by atoms with E-state index in [0.29, 0.717) is 10.2 Å². The summed E-state index contributed by atoms with van der Waals surface area (Å²) in [5.41, 5.74) is 0.609. The van der Waals surface area contributed by atoms with Gasteiger partial charge in [-0.25, -0.2) is 22.0 Å². The number of sulfone groups is 1. The van der Waals surface area contributed by atoms with Gasteiger partial charge in [0, 0.05) is 11.8 Å². The van der Waals surface area contributed by atoms with Crippen molar-refractivity contribution >= 4 is 53.3 Å². The SMILES string of the molecule is CCOC(=O)Cn1c(=NC(=O)c2ccc(S(C)(=O)=O)cc2)sc2cc(S(N)(=O)=O)ccc21. The number of sulfonamides is 1. The van der Waals surface area contributed by atoms with E-state index in [1.54, 1.807) is 6.92 Å². The number of carbonyl (C=O) groups is 2. The fourth-order valence-electron chi connectivity index (χ4n) is 2.80. The van der Waals surface area contributed by atoms with Gasteiger partial charge in [0.2, 0.25) is 10.0 Å². The minimum absolute atomic E-state index is 0.0591. The normalized spacial score (nSPS) is 12.8. The summed E-state index contributed by atoms with van der Waals surface area (Å²) >= 11 is 0.996. The first-order chi connectivity index (χ1) is 14.9. The molecule has 0 unspecified atom stereocenters. The molecule has 0 bridgehead atoms. The molecule has 0 saturated heterocycles. The topological polar surface area (TPSA) is 155 Å². The van der Waals surface area contributed by atoms with E-state index in [0.717, 1.165) is 17.6 Å². The zero-order valence-corrected chi connectivity index (χ0v) is 19.5. The zero-order chi connectivity index (χ0) is 23.7. The third kappa shape index (κ3) is 5.30. The summed E-state index contributed by atoms with van der Waals surface area (Å²) in [5, 5.41) is 5.19. The first-order valence-corrected chi connectivity index (χ1v) is 13.4. The predicted octanol–water partition coefficient (Wildman–Crippen LogP) is 1.06. The Kier molecular flexibility index (Phi) is 6.64. The molecule has 10 nitrogen and oxygen atoms in total. The Morgan fingerprint density at radius 3 is 2.25 bits per heavy atom. The van der Waals surface area contributed by atoms with Crippen LogP contribution in [0.15, 0.2) is 57.2 Å². The molecule has 32 heavy (non-hydrogen) atoms. The summed E-state index contributed by atoms with van der Waals surface area (Å²) in [4.78, 5) is 28.9. The van der Waals surface area contributed by atoms with Crippen molar-refractivity contribution in [3.05, 3.63) is 52.8 Å². The number of aromatic nitrogens is 1. The fourth-order valence-corrected chi connectivity index (χ4v) is 5.11. The van der Waals surface area contributed by atoms with E-state index < -0.39 is 31.7 Å². The van der Waals surface area contributed by atoms with Crippen LogP contribution in [0.4, 0.5) is 0 Å². The molecule has 1 amide bonds. The van der Waals surface area contributed by atoms with Crippen LogP contribution in [0, 0.1) is 0 Å². The molecule has 0 aliphatic heterocycles. The molecule has 3 rings (SSSR count). The molecule has 0 aliphatic rings. The number of nitrogens with zero attached hydrogens (tertiary/aromatic N) is 2. The highest BCUT2D eigenvalue weighted by molar-refractivity contribution is 7.90. The van der Waals surface area contributed by atoms with E-state index >= 15 is 0 Å². The minimum atomic E-state index is -3.95. The summed E-state index contributed by atoms with van der Waals surface area (Å²) in [5.74, 6) is -1.23. The van der Waals surface area contributed by atoms with Gasteiger partial charge in [-0.2, -0.15) is 4.99 Å². The number of fused-ring (bicyclic) bond motifs is 1. The number of hydrogen-bond donors (Lipinski definition) is 1. The van der Waals surface area contributed by atoms with Gasteiger partial charge in [-0.15, -0.1) is 0 Å². The number of benzene rings is 2. The van der Waals surface area contributed by atoms with Crippen molar-refractivity contribution < 1.29 is 31.2 Å². The Bertz CT molecular complexity index is 1480. The molecule has 170 valence electrons. The number of carbonyl (C=O) groups excluding carboxylic acids is 2. The Hall–Kier alpha value is -2.87. The molecule has 2 aromatic carbocycles. The van der Waals surface area contributed by atoms with Gasteiger partial charge in [0.25, 0.3) is 5.91 Å². The fraction of sp³-hybridized carbons (Fsp3) is 0.211. The van der Waals surface area contributed by atoms with Crippen LogP contribution < -0.4 is 9.94 Å². The molecule has 0 aliphatic carbocycles. The van der Waals surface area contributed by atoms with Crippen molar-refractivity contribution in [3.63, 3.8) is 0 Å². The second-order valence-electron chi connectivity index (χ2n) is 6.66. The van der Waals surface area contributed by atoms with Crippen LogP contribution in [0.3, 0.4) is 0 Å². The van der Waals surface area contributed by atoms with Crippen LogP contribution in [0.2, 0.25) is 0 Å². The Morgan fingerprint density at radius 2 is 1.69 bits per heavy atom. The van der Waals surface area contributed by atoms with Gasteiger partial charge in [-0.05, 0) is 49.4 Å². The lowest BCUT2D eigenvalue weighted by Gasteiger charge is -2.05. The summed E-state index contributed by atoms with van der Waals surface area (Å²) in [6.45, 7) is 1.57. The van der Waals surface area contributed by atoms with Crippen molar-refractivity contribution in [1.29, 1.82) is 0 Å². The quantitative estimate of drug-likeness (QED) is 0.499. The highest BCUT2D eigenvalue weighted by atomic mass is 32.2. The molecule has 1 heterocycles. The number of amides is 1. The Morgan fingerprint density at radius 1 is 1.06 bits per heavy atom. The van der Waals surface area contributed by atoms with Crippen molar-refractivity contribution in [3.8, 4) is 0 Å². The number of nitrogens with two attached hydrogens (primary N) is 1. The van der Waals surface area contributed by atoms with Crippen molar-refractivity contribution in [2.45, 2.75) is 23.3 Å². The van der Waals surface area contributed by atoms with Crippen molar-refractivity contribution in [2.75, 3.05) is 12.9 Å². The molecule has 1 aromatic heterocycles. The monoisotopic (exact) mass is 497 g/mol. The van der Waals surface area contributed by atoms with Gasteiger partial charge in [-0.3, -0.25) is 9.59 Å². The van der Waals surface area contributed by atoms with E-state index in [4.69, 9.17) is 9.88 Å². The number of hydrogen-bond acceptors (Lipinski definition) is 8. The maximum atomic E-state index is 12.7. The average molecular weight is 498 g/mol. The second kappa shape index (κ2) is 8.94. The molecule has 0 spiro atoms. The third-order valence-electron chi connectivity index (χ3n) is 4.30.